The molecule has 156 valence electrons. The molecule has 1 unspecified atom stereocenters. The van der Waals surface area contributed by atoms with Gasteiger partial charge in [0.2, 0.25) is 5.69 Å². The first-order chi connectivity index (χ1) is 14.4. The van der Waals surface area contributed by atoms with Crippen LogP contribution >= 0.6 is 0 Å². The molecule has 5 rings (SSSR count). The molecule has 3 N–H and O–H groups in total. The maximum atomic E-state index is 13.2. The molecular weight excluding hydrogens is 388 g/mol. The van der Waals surface area contributed by atoms with Crippen LogP contribution < -0.4 is 15.5 Å². The summed E-state index contributed by atoms with van der Waals surface area (Å²) in [4.78, 5) is 30.8. The zero-order valence-electron chi connectivity index (χ0n) is 16.4. The highest BCUT2D eigenvalue weighted by molar-refractivity contribution is 5.98. The molecule has 2 bridgehead atoms. The summed E-state index contributed by atoms with van der Waals surface area (Å²) in [5.74, 6) is 0.793. The zero-order chi connectivity index (χ0) is 21.0. The largest absolute Gasteiger partial charge is 0.595 e. The van der Waals surface area contributed by atoms with Crippen LogP contribution in [0.1, 0.15) is 28.5 Å². The van der Waals surface area contributed by atoms with Gasteiger partial charge >= 0.3 is 5.56 Å². The van der Waals surface area contributed by atoms with Crippen molar-refractivity contribution in [3.63, 3.8) is 0 Å². The molecule has 4 heterocycles. The highest BCUT2D eigenvalue weighted by Crippen LogP contribution is 2.36. The van der Waals surface area contributed by atoms with Crippen molar-refractivity contribution in [2.24, 2.45) is 5.92 Å². The van der Waals surface area contributed by atoms with Crippen molar-refractivity contribution in [1.82, 2.24) is 14.5 Å². The zero-order valence-corrected chi connectivity index (χ0v) is 16.4. The number of piperidine rings is 1. The van der Waals surface area contributed by atoms with Gasteiger partial charge in [-0.1, -0.05) is 0 Å². The third-order valence-corrected chi connectivity index (χ3v) is 6.18. The number of aromatic amines is 1. The summed E-state index contributed by atoms with van der Waals surface area (Å²) >= 11 is 0. The molecule has 2 aromatic heterocycles. The smallest absolute Gasteiger partial charge is 0.315 e. The predicted octanol–water partition coefficient (Wildman–Crippen LogP) is 1.00. The molecule has 0 spiro atoms. The first-order valence-corrected chi connectivity index (χ1v) is 9.87. The molecule has 0 saturated carbocycles. The van der Waals surface area contributed by atoms with Crippen LogP contribution in [0.15, 0.2) is 41.2 Å². The number of rotatable bonds is 3. The van der Waals surface area contributed by atoms with E-state index in [2.05, 4.69) is 4.98 Å². The van der Waals surface area contributed by atoms with E-state index in [-0.39, 0.29) is 23.4 Å². The minimum atomic E-state index is -1.21. The number of H-pyrrole nitrogens is 1. The van der Waals surface area contributed by atoms with E-state index in [0.29, 0.717) is 25.3 Å². The molecule has 0 radical (unpaired) electrons. The fourth-order valence-electron chi connectivity index (χ4n) is 4.80. The van der Waals surface area contributed by atoms with E-state index in [1.165, 1.54) is 6.07 Å². The Bertz CT molecular complexity index is 1200. The predicted molar refractivity (Wildman–Crippen MR) is 108 cm³/mol. The monoisotopic (exact) mass is 410 g/mol. The first-order valence-electron chi connectivity index (χ1n) is 9.87. The number of nitrogens with zero attached hydrogens (tertiary/aromatic N) is 2. The van der Waals surface area contributed by atoms with E-state index in [1.54, 1.807) is 17.7 Å². The van der Waals surface area contributed by atoms with E-state index in [1.807, 2.05) is 29.2 Å². The molecule has 1 amide bonds. The fourth-order valence-corrected chi connectivity index (χ4v) is 4.80. The highest BCUT2D eigenvalue weighted by atomic mass is 16.8. The molecular formula is C21H22N4O5. The van der Waals surface area contributed by atoms with Gasteiger partial charge in [-0.25, -0.2) is 5.21 Å². The van der Waals surface area contributed by atoms with Crippen LogP contribution in [0.5, 0.6) is 5.75 Å². The summed E-state index contributed by atoms with van der Waals surface area (Å²) in [6, 6.07) is 10.5. The number of carbonyl (C=O) groups excluding carboxylic acids is 1. The Hall–Kier alpha value is -3.14. The van der Waals surface area contributed by atoms with E-state index in [0.717, 1.165) is 28.8 Å². The molecule has 30 heavy (non-hydrogen) atoms. The van der Waals surface area contributed by atoms with Gasteiger partial charge in [0.25, 0.3) is 5.91 Å². The number of fused-ring (bicyclic) bond motifs is 5. The van der Waals surface area contributed by atoms with Crippen molar-refractivity contribution in [3.8, 4) is 5.75 Å². The average molecular weight is 410 g/mol. The second-order valence-electron chi connectivity index (χ2n) is 8.04. The van der Waals surface area contributed by atoms with Crippen molar-refractivity contribution in [3.05, 3.63) is 63.3 Å². The number of carbonyl (C=O) groups is 1. The molecule has 9 nitrogen and oxygen atoms in total. The van der Waals surface area contributed by atoms with Gasteiger partial charge in [-0.15, -0.1) is 0 Å². The summed E-state index contributed by atoms with van der Waals surface area (Å²) < 4.78 is 6.83. The summed E-state index contributed by atoms with van der Waals surface area (Å²) in [6.45, 7) is 1.47. The molecule has 3 atom stereocenters. The molecule has 2 aliphatic heterocycles. The lowest BCUT2D eigenvalue weighted by molar-refractivity contribution is -0.992. The summed E-state index contributed by atoms with van der Waals surface area (Å²) in [6.07, 6.45) is 0.888. The maximum Gasteiger partial charge on any atom is 0.315 e. The number of pyridine rings is 1. The van der Waals surface area contributed by atoms with Gasteiger partial charge in [-0.05, 0) is 42.7 Å². The Morgan fingerprint density at radius 3 is 2.83 bits per heavy atom. The van der Waals surface area contributed by atoms with Gasteiger partial charge in [0.15, 0.2) is 0 Å². The number of nitrogens with one attached hydrogen (secondary N) is 2. The average Bonchev–Trinajstić information content (AvgIpc) is 3.16. The van der Waals surface area contributed by atoms with Gasteiger partial charge in [0.1, 0.15) is 11.4 Å². The van der Waals surface area contributed by atoms with Crippen LogP contribution in [0.2, 0.25) is 0 Å². The van der Waals surface area contributed by atoms with Gasteiger partial charge < -0.3 is 24.4 Å². The standard InChI is InChI=1S/C21H22N4O5/c1-30-15-2-3-16-13(7-15)8-17(22-16)20(26)23-9-12-6-14(11-23)18-4-5-19(25(28)29)21(27)24(18)10-12/h2-5,7-8,12,14,22,25,28H,6,9-11H2,1H3/t12-,14+/m1/s1. The Kier molecular flexibility index (Phi) is 4.39. The highest BCUT2D eigenvalue weighted by Gasteiger charge is 2.37. The number of ether oxygens (including phenoxy) is 1. The molecule has 0 aliphatic carbocycles. The number of aromatic nitrogens is 2. The van der Waals surface area contributed by atoms with Gasteiger partial charge in [0.05, 0.1) is 7.11 Å². The van der Waals surface area contributed by atoms with Crippen LogP contribution in [-0.2, 0) is 6.54 Å². The van der Waals surface area contributed by atoms with E-state index < -0.39 is 10.8 Å². The third-order valence-electron chi connectivity index (χ3n) is 6.18. The summed E-state index contributed by atoms with van der Waals surface area (Å²) in [5, 5.41) is 20.2. The lowest BCUT2D eigenvalue weighted by atomic mass is 9.83. The van der Waals surface area contributed by atoms with Crippen LogP contribution in [0.25, 0.3) is 10.9 Å². The maximum absolute atomic E-state index is 13.2. The Morgan fingerprint density at radius 1 is 1.23 bits per heavy atom. The number of methoxy groups -OCH3 is 1. The Balaban J connectivity index is 1.43. The van der Waals surface area contributed by atoms with E-state index in [4.69, 9.17) is 4.74 Å². The minimum absolute atomic E-state index is 0.0152. The second kappa shape index (κ2) is 6.98. The van der Waals surface area contributed by atoms with E-state index in [9.17, 15) is 20.0 Å². The molecule has 1 saturated heterocycles. The first kappa shape index (κ1) is 18.9. The quantitative estimate of drug-likeness (QED) is 0.558. The Morgan fingerprint density at radius 2 is 2.07 bits per heavy atom. The molecule has 1 fully saturated rings. The van der Waals surface area contributed by atoms with Crippen LogP contribution in [-0.4, -0.2) is 45.8 Å². The Labute approximate surface area is 171 Å². The summed E-state index contributed by atoms with van der Waals surface area (Å²) in [7, 11) is 1.61. The van der Waals surface area contributed by atoms with Crippen molar-refractivity contribution >= 4 is 22.5 Å². The number of likely N-dealkylation sites (tertiary alicyclic amines) is 1. The van der Waals surface area contributed by atoms with E-state index >= 15 is 0 Å². The van der Waals surface area contributed by atoms with Crippen LogP contribution in [0.4, 0.5) is 5.69 Å². The fraction of sp³-hybridized carbons (Fsp3) is 0.333. The van der Waals surface area contributed by atoms with Crippen molar-refractivity contribution in [1.29, 1.82) is 0 Å². The summed E-state index contributed by atoms with van der Waals surface area (Å²) in [5.41, 5.74) is 1.53. The number of hydrogen-bond acceptors (Lipinski definition) is 5. The van der Waals surface area contributed by atoms with Crippen molar-refractivity contribution in [2.75, 3.05) is 20.2 Å². The van der Waals surface area contributed by atoms with Crippen LogP contribution in [0.3, 0.4) is 0 Å². The SMILES string of the molecule is COc1ccc2[nH]c(C(=O)N3C[C@H]4C[C@@H](C3)c3ccc([NH+]([O-])O)c(=O)n3C4)cc2c1. The number of amides is 1. The normalized spacial score (nSPS) is 21.4. The number of benzene rings is 1. The van der Waals surface area contributed by atoms with Crippen molar-refractivity contribution in [2.45, 2.75) is 18.9 Å². The lowest BCUT2D eigenvalue weighted by Crippen LogP contribution is -3.00. The molecule has 3 aromatic rings. The molecule has 1 aromatic carbocycles. The third kappa shape index (κ3) is 2.98. The van der Waals surface area contributed by atoms with Gasteiger partial charge in [-0.3, -0.25) is 9.59 Å². The van der Waals surface area contributed by atoms with Crippen molar-refractivity contribution < 1.29 is 20.0 Å². The molecule has 9 heteroatoms. The lowest BCUT2D eigenvalue weighted by Gasteiger charge is -2.42. The van der Waals surface area contributed by atoms with Gasteiger partial charge in [0, 0.05) is 48.2 Å². The minimum Gasteiger partial charge on any atom is -0.595 e. The second-order valence-corrected chi connectivity index (χ2v) is 8.04. The van der Waals surface area contributed by atoms with Gasteiger partial charge in [-0.2, -0.15) is 5.23 Å². The number of quaternary nitrogens is 1. The topological polar surface area (TPSA) is 115 Å². The van der Waals surface area contributed by atoms with Crippen LogP contribution in [0, 0.1) is 11.1 Å². The molecule has 2 aliphatic rings. The number of hydrogen-bond donors (Lipinski definition) is 3.